The Hall–Kier alpha value is -2.29. The van der Waals surface area contributed by atoms with Gasteiger partial charge in [-0.25, -0.2) is 0 Å². The van der Waals surface area contributed by atoms with E-state index in [-0.39, 0.29) is 5.91 Å². The van der Waals surface area contributed by atoms with Crippen molar-refractivity contribution in [3.63, 3.8) is 0 Å². The number of carbonyl (C=O) groups is 1. The van der Waals surface area contributed by atoms with Gasteiger partial charge in [0, 0.05) is 37.3 Å². The second-order valence-electron chi connectivity index (χ2n) is 5.62. The maximum atomic E-state index is 11.6. The number of para-hydroxylation sites is 1. The predicted octanol–water partition coefficient (Wildman–Crippen LogP) is 3.17. The smallest absolute Gasteiger partial charge is 0.251 e. The van der Waals surface area contributed by atoms with E-state index in [4.69, 9.17) is 0 Å². The Labute approximate surface area is 125 Å². The first-order chi connectivity index (χ1) is 10.2. The van der Waals surface area contributed by atoms with Crippen LogP contribution in [0.1, 0.15) is 34.3 Å². The van der Waals surface area contributed by atoms with Crippen LogP contribution in [0.3, 0.4) is 0 Å². The zero-order chi connectivity index (χ0) is 14.8. The normalized spacial score (nSPS) is 16.7. The number of anilines is 1. The summed E-state index contributed by atoms with van der Waals surface area (Å²) in [6.45, 7) is 4.21. The summed E-state index contributed by atoms with van der Waals surface area (Å²) in [5.41, 5.74) is 4.70. The molecule has 0 bridgehead atoms. The fraction of sp³-hybridized carbons (Fsp3) is 0.278. The van der Waals surface area contributed by atoms with Crippen LogP contribution in [0.25, 0.3) is 0 Å². The first-order valence-electron chi connectivity index (χ1n) is 7.34. The lowest BCUT2D eigenvalue weighted by atomic mass is 10.0. The van der Waals surface area contributed by atoms with Gasteiger partial charge in [-0.1, -0.05) is 37.3 Å². The number of benzene rings is 2. The molecule has 3 rings (SSSR count). The van der Waals surface area contributed by atoms with E-state index in [1.54, 1.807) is 7.05 Å². The largest absolute Gasteiger partial charge is 0.366 e. The Bertz CT molecular complexity index is 649. The summed E-state index contributed by atoms with van der Waals surface area (Å²) < 4.78 is 0. The summed E-state index contributed by atoms with van der Waals surface area (Å²) in [7, 11) is 1.65. The molecular weight excluding hydrogens is 260 g/mol. The minimum atomic E-state index is -0.0401. The second-order valence-corrected chi connectivity index (χ2v) is 5.62. The molecule has 0 aliphatic carbocycles. The molecule has 1 N–H and O–H groups in total. The van der Waals surface area contributed by atoms with Crippen LogP contribution in [-0.4, -0.2) is 19.5 Å². The van der Waals surface area contributed by atoms with Crippen molar-refractivity contribution in [1.82, 2.24) is 5.32 Å². The molecule has 0 saturated carbocycles. The average Bonchev–Trinajstić information content (AvgIpc) is 2.84. The van der Waals surface area contributed by atoms with Crippen LogP contribution in [0.15, 0.2) is 48.5 Å². The van der Waals surface area contributed by atoms with Crippen molar-refractivity contribution in [2.24, 2.45) is 0 Å². The molecular formula is C18H20N2O. The number of amides is 1. The van der Waals surface area contributed by atoms with E-state index in [9.17, 15) is 4.79 Å². The van der Waals surface area contributed by atoms with E-state index in [0.29, 0.717) is 11.5 Å². The van der Waals surface area contributed by atoms with Gasteiger partial charge in [-0.05, 0) is 29.3 Å². The topological polar surface area (TPSA) is 32.3 Å². The third-order valence-electron chi connectivity index (χ3n) is 4.12. The van der Waals surface area contributed by atoms with E-state index >= 15 is 0 Å². The van der Waals surface area contributed by atoms with Gasteiger partial charge in [-0.2, -0.15) is 0 Å². The summed E-state index contributed by atoms with van der Waals surface area (Å²) >= 11 is 0. The lowest BCUT2D eigenvalue weighted by Gasteiger charge is -2.20. The maximum absolute atomic E-state index is 11.6. The van der Waals surface area contributed by atoms with Gasteiger partial charge >= 0.3 is 0 Å². The number of hydrogen-bond donors (Lipinski definition) is 1. The standard InChI is InChI=1S/C18H20N2O/c1-13-11-20(17-6-4-3-5-16(13)17)12-14-7-9-15(10-8-14)18(21)19-2/h3-10,13H,11-12H2,1-2H3,(H,19,21). The predicted molar refractivity (Wildman–Crippen MR) is 85.7 cm³/mol. The van der Waals surface area contributed by atoms with E-state index in [1.165, 1.54) is 16.8 Å². The number of carbonyl (C=O) groups excluding carboxylic acids is 1. The van der Waals surface area contributed by atoms with Gasteiger partial charge in [0.15, 0.2) is 0 Å². The van der Waals surface area contributed by atoms with Crippen molar-refractivity contribution in [3.05, 3.63) is 65.2 Å². The molecule has 2 aromatic carbocycles. The zero-order valence-electron chi connectivity index (χ0n) is 12.5. The first kappa shape index (κ1) is 13.7. The van der Waals surface area contributed by atoms with Gasteiger partial charge in [0.2, 0.25) is 0 Å². The van der Waals surface area contributed by atoms with E-state index in [1.807, 2.05) is 24.3 Å². The molecule has 2 aromatic rings. The lowest BCUT2D eigenvalue weighted by Crippen LogP contribution is -2.21. The van der Waals surface area contributed by atoms with E-state index < -0.39 is 0 Å². The van der Waals surface area contributed by atoms with Gasteiger partial charge in [-0.3, -0.25) is 4.79 Å². The van der Waals surface area contributed by atoms with Gasteiger partial charge in [-0.15, -0.1) is 0 Å². The second kappa shape index (κ2) is 5.60. The lowest BCUT2D eigenvalue weighted by molar-refractivity contribution is 0.0963. The van der Waals surface area contributed by atoms with Gasteiger partial charge < -0.3 is 10.2 Å². The van der Waals surface area contributed by atoms with Crippen LogP contribution >= 0.6 is 0 Å². The first-order valence-corrected chi connectivity index (χ1v) is 7.34. The Morgan fingerprint density at radius 1 is 1.19 bits per heavy atom. The molecule has 0 radical (unpaired) electrons. The quantitative estimate of drug-likeness (QED) is 0.936. The van der Waals surface area contributed by atoms with Crippen molar-refractivity contribution < 1.29 is 4.79 Å². The van der Waals surface area contributed by atoms with Gasteiger partial charge in [0.1, 0.15) is 0 Å². The van der Waals surface area contributed by atoms with Crippen molar-refractivity contribution >= 4 is 11.6 Å². The molecule has 1 amide bonds. The molecule has 0 fully saturated rings. The Morgan fingerprint density at radius 3 is 2.62 bits per heavy atom. The summed E-state index contributed by atoms with van der Waals surface area (Å²) in [4.78, 5) is 14.0. The summed E-state index contributed by atoms with van der Waals surface area (Å²) in [6, 6.07) is 16.5. The molecule has 108 valence electrons. The van der Waals surface area contributed by atoms with Crippen LogP contribution in [0.2, 0.25) is 0 Å². The highest BCUT2D eigenvalue weighted by Crippen LogP contribution is 2.36. The van der Waals surface area contributed by atoms with Crippen LogP contribution < -0.4 is 10.2 Å². The molecule has 0 saturated heterocycles. The number of nitrogens with zero attached hydrogens (tertiary/aromatic N) is 1. The van der Waals surface area contributed by atoms with Crippen molar-refractivity contribution in [2.75, 3.05) is 18.5 Å². The molecule has 1 aliphatic rings. The van der Waals surface area contributed by atoms with Gasteiger partial charge in [0.05, 0.1) is 0 Å². The molecule has 3 nitrogen and oxygen atoms in total. The molecule has 0 aromatic heterocycles. The van der Waals surface area contributed by atoms with Crippen LogP contribution in [0.4, 0.5) is 5.69 Å². The number of fused-ring (bicyclic) bond motifs is 1. The molecule has 3 heteroatoms. The van der Waals surface area contributed by atoms with E-state index in [2.05, 4.69) is 41.4 Å². The zero-order valence-corrected chi connectivity index (χ0v) is 12.5. The van der Waals surface area contributed by atoms with Crippen molar-refractivity contribution in [3.8, 4) is 0 Å². The SMILES string of the molecule is CNC(=O)c1ccc(CN2CC(C)c3ccccc32)cc1. The summed E-state index contributed by atoms with van der Waals surface area (Å²) in [5.74, 6) is 0.535. The van der Waals surface area contributed by atoms with Crippen LogP contribution in [-0.2, 0) is 6.54 Å². The van der Waals surface area contributed by atoms with Crippen molar-refractivity contribution in [1.29, 1.82) is 0 Å². The molecule has 1 atom stereocenters. The summed E-state index contributed by atoms with van der Waals surface area (Å²) in [6.07, 6.45) is 0. The minimum Gasteiger partial charge on any atom is -0.366 e. The highest BCUT2D eigenvalue weighted by atomic mass is 16.1. The van der Waals surface area contributed by atoms with Gasteiger partial charge in [0.25, 0.3) is 5.91 Å². The Balaban J connectivity index is 1.77. The maximum Gasteiger partial charge on any atom is 0.251 e. The Morgan fingerprint density at radius 2 is 1.90 bits per heavy atom. The molecule has 21 heavy (non-hydrogen) atoms. The van der Waals surface area contributed by atoms with Crippen molar-refractivity contribution in [2.45, 2.75) is 19.4 Å². The highest BCUT2D eigenvalue weighted by molar-refractivity contribution is 5.93. The molecule has 1 heterocycles. The average molecular weight is 280 g/mol. The molecule has 1 unspecified atom stereocenters. The molecule has 1 aliphatic heterocycles. The van der Waals surface area contributed by atoms with Crippen LogP contribution in [0, 0.1) is 0 Å². The monoisotopic (exact) mass is 280 g/mol. The minimum absolute atomic E-state index is 0.0401. The third kappa shape index (κ3) is 2.64. The number of hydrogen-bond acceptors (Lipinski definition) is 2. The summed E-state index contributed by atoms with van der Waals surface area (Å²) in [5, 5.41) is 2.64. The Kier molecular flexibility index (Phi) is 3.65. The van der Waals surface area contributed by atoms with E-state index in [0.717, 1.165) is 13.1 Å². The highest BCUT2D eigenvalue weighted by Gasteiger charge is 2.24. The molecule has 0 spiro atoms. The fourth-order valence-corrected chi connectivity index (χ4v) is 3.00. The van der Waals surface area contributed by atoms with Crippen LogP contribution in [0.5, 0.6) is 0 Å². The third-order valence-corrected chi connectivity index (χ3v) is 4.12. The fourth-order valence-electron chi connectivity index (χ4n) is 3.00. The number of rotatable bonds is 3. The number of nitrogens with one attached hydrogen (secondary N) is 1.